The Balaban J connectivity index is 4.31. The molecule has 0 amide bonds. The summed E-state index contributed by atoms with van der Waals surface area (Å²) in [7, 11) is 0. The summed E-state index contributed by atoms with van der Waals surface area (Å²) < 4.78 is 16.9. The van der Waals surface area contributed by atoms with Gasteiger partial charge in [-0.15, -0.1) is 0 Å². The molecule has 0 aromatic heterocycles. The largest absolute Gasteiger partial charge is 0.462 e. The number of rotatable bonds is 52. The second kappa shape index (κ2) is 52.8. The van der Waals surface area contributed by atoms with Gasteiger partial charge in [0.25, 0.3) is 0 Å². The van der Waals surface area contributed by atoms with Crippen LogP contribution < -0.4 is 0 Å². The van der Waals surface area contributed by atoms with Crippen LogP contribution in [-0.4, -0.2) is 37.2 Å². The van der Waals surface area contributed by atoms with Gasteiger partial charge in [-0.1, -0.05) is 264 Å². The van der Waals surface area contributed by atoms with Crippen LogP contribution in [0.15, 0.2) is 12.2 Å². The van der Waals surface area contributed by atoms with E-state index < -0.39 is 6.10 Å². The first-order valence-electron chi connectivity index (χ1n) is 28.2. The van der Waals surface area contributed by atoms with E-state index in [0.717, 1.165) is 64.2 Å². The van der Waals surface area contributed by atoms with Gasteiger partial charge in [0.15, 0.2) is 6.10 Å². The van der Waals surface area contributed by atoms with Crippen molar-refractivity contribution in [3.63, 3.8) is 0 Å². The van der Waals surface area contributed by atoms with Gasteiger partial charge in [-0.3, -0.25) is 14.4 Å². The number of unbranched alkanes of at least 4 members (excludes halogenated alkanes) is 39. The van der Waals surface area contributed by atoms with Crippen molar-refractivity contribution in [2.75, 3.05) is 13.2 Å². The monoisotopic (exact) mass is 889 g/mol. The summed E-state index contributed by atoms with van der Waals surface area (Å²) in [6, 6.07) is 0. The molecule has 0 aliphatic carbocycles. The van der Waals surface area contributed by atoms with Crippen molar-refractivity contribution >= 4 is 17.9 Å². The maximum atomic E-state index is 12.8. The number of ether oxygens (including phenoxy) is 3. The van der Waals surface area contributed by atoms with Gasteiger partial charge >= 0.3 is 17.9 Å². The second-order valence-electron chi connectivity index (χ2n) is 19.2. The molecule has 0 N–H and O–H groups in total. The highest BCUT2D eigenvalue weighted by atomic mass is 16.6. The lowest BCUT2D eigenvalue weighted by atomic mass is 10.0. The minimum atomic E-state index is -0.767. The molecule has 0 aliphatic rings. The van der Waals surface area contributed by atoms with Crippen LogP contribution in [0.25, 0.3) is 0 Å². The van der Waals surface area contributed by atoms with Crippen LogP contribution in [0.2, 0.25) is 0 Å². The lowest BCUT2D eigenvalue weighted by molar-refractivity contribution is -0.167. The average molecular weight is 889 g/mol. The molecular formula is C57H108O6. The van der Waals surface area contributed by atoms with Crippen LogP contribution in [0.4, 0.5) is 0 Å². The lowest BCUT2D eigenvalue weighted by Crippen LogP contribution is -2.30. The Kier molecular flexibility index (Phi) is 51.2. The fourth-order valence-corrected chi connectivity index (χ4v) is 8.50. The van der Waals surface area contributed by atoms with Gasteiger partial charge in [0, 0.05) is 19.3 Å². The molecule has 0 saturated carbocycles. The van der Waals surface area contributed by atoms with Gasteiger partial charge in [-0.05, 0) is 44.9 Å². The molecule has 0 aromatic carbocycles. The minimum absolute atomic E-state index is 0.0666. The zero-order chi connectivity index (χ0) is 45.8. The summed E-state index contributed by atoms with van der Waals surface area (Å²) in [5.74, 6) is -0.853. The summed E-state index contributed by atoms with van der Waals surface area (Å²) in [6.45, 7) is 6.67. The topological polar surface area (TPSA) is 78.9 Å². The Bertz CT molecular complexity index is 978. The average Bonchev–Trinajstić information content (AvgIpc) is 3.28. The molecular weight excluding hydrogens is 781 g/mol. The first kappa shape index (κ1) is 61.1. The fourth-order valence-electron chi connectivity index (χ4n) is 8.50. The van der Waals surface area contributed by atoms with Crippen LogP contribution in [0.5, 0.6) is 0 Å². The fraction of sp³-hybridized carbons (Fsp3) is 0.912. The Morgan fingerprint density at radius 3 is 0.810 bits per heavy atom. The highest BCUT2D eigenvalue weighted by Gasteiger charge is 2.19. The maximum Gasteiger partial charge on any atom is 0.306 e. The maximum absolute atomic E-state index is 12.8. The first-order valence-corrected chi connectivity index (χ1v) is 28.2. The van der Waals surface area contributed by atoms with Crippen molar-refractivity contribution in [3.05, 3.63) is 12.2 Å². The molecule has 0 spiro atoms. The summed E-state index contributed by atoms with van der Waals surface area (Å²) in [6.07, 6.45) is 59.1. The number of esters is 3. The number of hydrogen-bond acceptors (Lipinski definition) is 6. The molecule has 0 bridgehead atoms. The normalized spacial score (nSPS) is 12.0. The summed E-state index contributed by atoms with van der Waals surface area (Å²) in [4.78, 5) is 38.1. The van der Waals surface area contributed by atoms with E-state index in [0.29, 0.717) is 19.3 Å². The predicted octanol–water partition coefficient (Wildman–Crippen LogP) is 18.5. The van der Waals surface area contributed by atoms with Crippen molar-refractivity contribution in [1.82, 2.24) is 0 Å². The third-order valence-corrected chi connectivity index (χ3v) is 12.8. The molecule has 0 fully saturated rings. The number of hydrogen-bond donors (Lipinski definition) is 0. The van der Waals surface area contributed by atoms with Crippen molar-refractivity contribution in [2.45, 2.75) is 322 Å². The van der Waals surface area contributed by atoms with E-state index in [1.54, 1.807) is 0 Å². The van der Waals surface area contributed by atoms with Gasteiger partial charge in [0.1, 0.15) is 13.2 Å². The molecule has 0 saturated heterocycles. The van der Waals surface area contributed by atoms with E-state index in [1.807, 2.05) is 0 Å². The molecule has 6 nitrogen and oxygen atoms in total. The Morgan fingerprint density at radius 1 is 0.302 bits per heavy atom. The van der Waals surface area contributed by atoms with Crippen molar-refractivity contribution < 1.29 is 28.6 Å². The highest BCUT2D eigenvalue weighted by Crippen LogP contribution is 2.17. The predicted molar refractivity (Wildman–Crippen MR) is 270 cm³/mol. The number of allylic oxidation sites excluding steroid dienone is 2. The molecule has 6 heteroatoms. The smallest absolute Gasteiger partial charge is 0.306 e. The van der Waals surface area contributed by atoms with Crippen LogP contribution in [0.1, 0.15) is 316 Å². The van der Waals surface area contributed by atoms with Gasteiger partial charge in [0.05, 0.1) is 0 Å². The first-order chi connectivity index (χ1) is 31.0. The third kappa shape index (κ3) is 51.0. The van der Waals surface area contributed by atoms with E-state index >= 15 is 0 Å². The Labute approximate surface area is 392 Å². The van der Waals surface area contributed by atoms with Crippen LogP contribution in [0.3, 0.4) is 0 Å². The Hall–Kier alpha value is -1.85. The number of carbonyl (C=O) groups excluding carboxylic acids is 3. The summed E-state index contributed by atoms with van der Waals surface area (Å²) in [5.41, 5.74) is 0. The summed E-state index contributed by atoms with van der Waals surface area (Å²) >= 11 is 0. The number of carbonyl (C=O) groups is 3. The molecule has 0 aromatic rings. The zero-order valence-electron chi connectivity index (χ0n) is 42.6. The van der Waals surface area contributed by atoms with Crippen LogP contribution in [0, 0.1) is 0 Å². The lowest BCUT2D eigenvalue weighted by Gasteiger charge is -2.18. The van der Waals surface area contributed by atoms with Crippen molar-refractivity contribution in [2.24, 2.45) is 0 Å². The third-order valence-electron chi connectivity index (χ3n) is 12.8. The molecule has 63 heavy (non-hydrogen) atoms. The molecule has 1 unspecified atom stereocenters. The molecule has 1 atom stereocenters. The molecule has 372 valence electrons. The SMILES string of the molecule is CCCCCC/C=C\CCCCCCCC(=O)OCC(COC(=O)CCCCCCCCCCCCCCCCCCC)OC(=O)CCCCCCCCCCCCCCCCC. The second-order valence-corrected chi connectivity index (χ2v) is 19.2. The Morgan fingerprint density at radius 2 is 0.524 bits per heavy atom. The standard InChI is InChI=1S/C57H108O6/c1-4-7-10-13-16-19-22-25-27-28-30-32-35-38-41-44-47-50-56(59)62-53-54(52-61-55(58)49-46-43-40-37-34-31-24-21-18-15-12-9-6-3)63-57(60)51-48-45-42-39-36-33-29-26-23-20-17-14-11-8-5-2/h21,24,54H,4-20,22-23,25-53H2,1-3H3/b24-21-. The van der Waals surface area contributed by atoms with Crippen LogP contribution >= 0.6 is 0 Å². The molecule has 0 heterocycles. The molecule has 0 aliphatic heterocycles. The van der Waals surface area contributed by atoms with Gasteiger partial charge in [-0.2, -0.15) is 0 Å². The van der Waals surface area contributed by atoms with Gasteiger partial charge in [-0.25, -0.2) is 0 Å². The minimum Gasteiger partial charge on any atom is -0.462 e. The van der Waals surface area contributed by atoms with Gasteiger partial charge < -0.3 is 14.2 Å². The molecule has 0 radical (unpaired) electrons. The van der Waals surface area contributed by atoms with E-state index in [2.05, 4.69) is 32.9 Å². The highest BCUT2D eigenvalue weighted by molar-refractivity contribution is 5.71. The van der Waals surface area contributed by atoms with Gasteiger partial charge in [0.2, 0.25) is 0 Å². The van der Waals surface area contributed by atoms with Crippen molar-refractivity contribution in [1.29, 1.82) is 0 Å². The van der Waals surface area contributed by atoms with Crippen LogP contribution in [-0.2, 0) is 28.6 Å². The van der Waals surface area contributed by atoms with E-state index in [4.69, 9.17) is 14.2 Å². The molecule has 0 rings (SSSR count). The van der Waals surface area contributed by atoms with E-state index in [-0.39, 0.29) is 31.1 Å². The quantitative estimate of drug-likeness (QED) is 0.0262. The van der Waals surface area contributed by atoms with E-state index in [9.17, 15) is 14.4 Å². The zero-order valence-corrected chi connectivity index (χ0v) is 42.6. The van der Waals surface area contributed by atoms with E-state index in [1.165, 1.54) is 212 Å². The summed E-state index contributed by atoms with van der Waals surface area (Å²) in [5, 5.41) is 0. The van der Waals surface area contributed by atoms with Crippen molar-refractivity contribution in [3.8, 4) is 0 Å².